The van der Waals surface area contributed by atoms with Crippen molar-refractivity contribution in [2.75, 3.05) is 26.3 Å². The molecule has 2 aromatic rings. The number of aliphatic imine (C=N–C) groups is 1. The first-order chi connectivity index (χ1) is 13.9. The molecule has 9 nitrogen and oxygen atoms in total. The number of methoxy groups -OCH3 is 3. The van der Waals surface area contributed by atoms with Gasteiger partial charge in [-0.25, -0.2) is 23.2 Å². The number of hydrogen-bond acceptors (Lipinski definition) is 8. The van der Waals surface area contributed by atoms with Crippen LogP contribution < -0.4 is 14.5 Å². The second-order valence-electron chi connectivity index (χ2n) is 5.81. The Morgan fingerprint density at radius 2 is 1.52 bits per heavy atom. The molecule has 0 radical (unpaired) electrons. The van der Waals surface area contributed by atoms with Gasteiger partial charge in [-0.1, -0.05) is 4.41 Å². The van der Waals surface area contributed by atoms with Gasteiger partial charge in [0.1, 0.15) is 22.8 Å². The van der Waals surface area contributed by atoms with Gasteiger partial charge in [0.25, 0.3) is 10.0 Å². The third-order valence-electron chi connectivity index (χ3n) is 4.15. The van der Waals surface area contributed by atoms with Crippen LogP contribution in [-0.4, -0.2) is 52.3 Å². The second-order valence-corrected chi connectivity index (χ2v) is 7.45. The van der Waals surface area contributed by atoms with Gasteiger partial charge in [-0.2, -0.15) is 0 Å². The normalized spacial score (nSPS) is 16.9. The number of hydrazine groups is 1. The highest BCUT2D eigenvalue weighted by Gasteiger charge is 2.43. The van der Waals surface area contributed by atoms with E-state index in [2.05, 4.69) is 4.99 Å². The van der Waals surface area contributed by atoms with Crippen molar-refractivity contribution in [3.63, 3.8) is 0 Å². The molecule has 0 amide bonds. The number of carbonyl (C=O) groups excluding carboxylic acids is 1. The van der Waals surface area contributed by atoms with Gasteiger partial charge in [-0.05, 0) is 48.5 Å². The molecule has 3 rings (SSSR count). The molecular formula is C19H19N3O6S. The van der Waals surface area contributed by atoms with Crippen LogP contribution in [0.1, 0.15) is 5.56 Å². The Hall–Kier alpha value is -3.17. The van der Waals surface area contributed by atoms with Crippen molar-refractivity contribution in [2.45, 2.75) is 6.35 Å². The first kappa shape index (κ1) is 20.6. The van der Waals surface area contributed by atoms with Crippen molar-refractivity contribution >= 4 is 27.5 Å². The summed E-state index contributed by atoms with van der Waals surface area (Å²) in [5.41, 5.74) is 1.10. The molecule has 10 heteroatoms. The van der Waals surface area contributed by atoms with Gasteiger partial charge in [0.05, 0.1) is 19.9 Å². The number of sulfonamides is 1. The van der Waals surface area contributed by atoms with Crippen LogP contribution in [0, 0.1) is 0 Å². The SMILES string of the molecule is COc1ccc(C2=NC(OC)N(S(=O)(=O)C=C=O)N2c2ccc(OC)cc2)cc1. The summed E-state index contributed by atoms with van der Waals surface area (Å²) in [7, 11) is 0.179. The average Bonchev–Trinajstić information content (AvgIpc) is 3.14. The van der Waals surface area contributed by atoms with Crippen molar-refractivity contribution < 1.29 is 27.4 Å². The van der Waals surface area contributed by atoms with Gasteiger partial charge in [-0.3, -0.25) is 0 Å². The number of anilines is 1. The Kier molecular flexibility index (Phi) is 6.00. The minimum Gasteiger partial charge on any atom is -0.497 e. The van der Waals surface area contributed by atoms with E-state index in [4.69, 9.17) is 14.2 Å². The van der Waals surface area contributed by atoms with Crippen LogP contribution in [0.4, 0.5) is 5.69 Å². The summed E-state index contributed by atoms with van der Waals surface area (Å²) in [5.74, 6) is 2.87. The molecule has 0 spiro atoms. The fourth-order valence-corrected chi connectivity index (χ4v) is 3.81. The molecule has 1 heterocycles. The van der Waals surface area contributed by atoms with Crippen LogP contribution in [0.25, 0.3) is 0 Å². The molecule has 1 unspecified atom stereocenters. The predicted molar refractivity (Wildman–Crippen MR) is 107 cm³/mol. The zero-order chi connectivity index (χ0) is 21.0. The van der Waals surface area contributed by atoms with Gasteiger partial charge >= 0.3 is 0 Å². The third-order valence-corrected chi connectivity index (χ3v) is 5.41. The summed E-state index contributed by atoms with van der Waals surface area (Å²) < 4.78 is 42.0. The van der Waals surface area contributed by atoms with Crippen LogP contribution in [0.15, 0.2) is 58.9 Å². The summed E-state index contributed by atoms with van der Waals surface area (Å²) in [4.78, 5) is 15.2. The molecule has 2 aromatic carbocycles. The maximum atomic E-state index is 12.8. The number of ether oxygens (including phenoxy) is 3. The van der Waals surface area contributed by atoms with Crippen LogP contribution in [0.3, 0.4) is 0 Å². The molecule has 0 saturated carbocycles. The number of benzene rings is 2. The number of rotatable bonds is 7. The predicted octanol–water partition coefficient (Wildman–Crippen LogP) is 1.79. The maximum absolute atomic E-state index is 12.8. The summed E-state index contributed by atoms with van der Waals surface area (Å²) in [6.45, 7) is 0. The van der Waals surface area contributed by atoms with E-state index in [1.54, 1.807) is 55.6 Å². The van der Waals surface area contributed by atoms with Crippen molar-refractivity contribution in [1.29, 1.82) is 0 Å². The number of hydrogen-bond donors (Lipinski definition) is 0. The fourth-order valence-electron chi connectivity index (χ4n) is 2.79. The lowest BCUT2D eigenvalue weighted by Gasteiger charge is -2.30. The zero-order valence-electron chi connectivity index (χ0n) is 16.0. The largest absolute Gasteiger partial charge is 0.497 e. The monoisotopic (exact) mass is 417 g/mol. The smallest absolute Gasteiger partial charge is 0.268 e. The molecule has 0 aliphatic carbocycles. The molecule has 1 aliphatic heterocycles. The molecular weight excluding hydrogens is 398 g/mol. The Bertz CT molecular complexity index is 1040. The van der Waals surface area contributed by atoms with Crippen molar-refractivity contribution in [2.24, 2.45) is 4.99 Å². The maximum Gasteiger partial charge on any atom is 0.268 e. The van der Waals surface area contributed by atoms with Crippen molar-refractivity contribution in [3.8, 4) is 11.5 Å². The van der Waals surface area contributed by atoms with E-state index >= 15 is 0 Å². The van der Waals surface area contributed by atoms with E-state index in [0.29, 0.717) is 34.0 Å². The van der Waals surface area contributed by atoms with Gasteiger partial charge < -0.3 is 14.2 Å². The number of amidine groups is 1. The Labute approximate surface area is 168 Å². The summed E-state index contributed by atoms with van der Waals surface area (Å²) in [5, 5.41) is 1.79. The van der Waals surface area contributed by atoms with Gasteiger partial charge in [-0.15, -0.1) is 0 Å². The molecule has 1 atom stereocenters. The fraction of sp³-hybridized carbons (Fsp3) is 0.211. The van der Waals surface area contributed by atoms with E-state index < -0.39 is 16.4 Å². The summed E-state index contributed by atoms with van der Waals surface area (Å²) >= 11 is 0. The molecule has 0 N–H and O–H groups in total. The first-order valence-electron chi connectivity index (χ1n) is 8.39. The minimum atomic E-state index is -4.22. The molecule has 0 bridgehead atoms. The average molecular weight is 417 g/mol. The van der Waals surface area contributed by atoms with E-state index in [1.807, 2.05) is 0 Å². The molecule has 0 saturated heterocycles. The molecule has 152 valence electrons. The highest BCUT2D eigenvalue weighted by Crippen LogP contribution is 2.32. The van der Waals surface area contributed by atoms with Crippen molar-refractivity contribution in [1.82, 2.24) is 4.41 Å². The van der Waals surface area contributed by atoms with E-state index in [9.17, 15) is 13.2 Å². The van der Waals surface area contributed by atoms with Crippen LogP contribution in [0.2, 0.25) is 0 Å². The first-order valence-corrected chi connectivity index (χ1v) is 9.90. The summed E-state index contributed by atoms with van der Waals surface area (Å²) in [6, 6.07) is 13.6. The standard InChI is InChI=1S/C19H19N3O6S/c1-26-16-8-4-14(5-9-16)18-20-19(28-3)22(29(24,25)13-12-23)21(18)15-6-10-17(27-2)11-7-15/h4-11,13,19H,1-3H3. The summed E-state index contributed by atoms with van der Waals surface area (Å²) in [6.07, 6.45) is -1.20. The topological polar surface area (TPSA) is 97.7 Å². The minimum absolute atomic E-state index is 0.313. The quantitative estimate of drug-likeness (QED) is 0.634. The Morgan fingerprint density at radius 3 is 2.00 bits per heavy atom. The Morgan fingerprint density at radius 1 is 0.966 bits per heavy atom. The highest BCUT2D eigenvalue weighted by molar-refractivity contribution is 7.92. The van der Waals surface area contributed by atoms with Crippen LogP contribution in [0.5, 0.6) is 11.5 Å². The lowest BCUT2D eigenvalue weighted by molar-refractivity contribution is 0.0356. The molecule has 29 heavy (non-hydrogen) atoms. The van der Waals surface area contributed by atoms with E-state index in [-0.39, 0.29) is 0 Å². The highest BCUT2D eigenvalue weighted by atomic mass is 32.2. The number of nitrogens with zero attached hydrogens (tertiary/aromatic N) is 3. The molecule has 0 fully saturated rings. The third kappa shape index (κ3) is 4.01. The van der Waals surface area contributed by atoms with Gasteiger partial charge in [0, 0.05) is 12.7 Å². The Balaban J connectivity index is 2.16. The van der Waals surface area contributed by atoms with E-state index in [0.717, 1.165) is 4.41 Å². The zero-order valence-corrected chi connectivity index (χ0v) is 16.8. The van der Waals surface area contributed by atoms with E-state index in [1.165, 1.54) is 25.2 Å². The second kappa shape index (κ2) is 8.46. The van der Waals surface area contributed by atoms with Crippen LogP contribution in [-0.2, 0) is 19.6 Å². The van der Waals surface area contributed by atoms with Crippen molar-refractivity contribution in [3.05, 3.63) is 59.5 Å². The van der Waals surface area contributed by atoms with Gasteiger partial charge in [0.2, 0.25) is 6.35 Å². The van der Waals surface area contributed by atoms with Crippen LogP contribution >= 0.6 is 0 Å². The molecule has 0 aromatic heterocycles. The lowest BCUT2D eigenvalue weighted by Crippen LogP contribution is -2.49. The lowest BCUT2D eigenvalue weighted by atomic mass is 10.2. The van der Waals surface area contributed by atoms with Gasteiger partial charge in [0.15, 0.2) is 5.84 Å². The molecule has 1 aliphatic rings.